The summed E-state index contributed by atoms with van der Waals surface area (Å²) in [6, 6.07) is 0.0175. The maximum atomic E-state index is 5.86. The Morgan fingerprint density at radius 1 is 1.50 bits per heavy atom. The number of nitrogens with two attached hydrogens (primary N) is 1. The molecule has 0 saturated heterocycles. The topological polar surface area (TPSA) is 61.7 Å². The van der Waals surface area contributed by atoms with Crippen molar-refractivity contribution in [3.63, 3.8) is 0 Å². The van der Waals surface area contributed by atoms with Gasteiger partial charge in [0, 0.05) is 44.6 Å². The van der Waals surface area contributed by atoms with E-state index < -0.39 is 0 Å². The first kappa shape index (κ1) is 10.9. The molecule has 0 aromatic carbocycles. The summed E-state index contributed by atoms with van der Waals surface area (Å²) in [6.07, 6.45) is 8.30. The van der Waals surface area contributed by atoms with Crippen molar-refractivity contribution in [2.24, 2.45) is 12.8 Å². The number of imidazole rings is 2. The van der Waals surface area contributed by atoms with E-state index in [1.54, 1.807) is 0 Å². The first-order chi connectivity index (χ1) is 7.68. The molecule has 2 N–H and O–H groups in total. The zero-order valence-corrected chi connectivity index (χ0v) is 9.67. The SMILES string of the molecule is CC(N)c1cncn1CCc1nccn1C. The minimum atomic E-state index is 0.0175. The zero-order valence-electron chi connectivity index (χ0n) is 9.67. The predicted molar refractivity (Wildman–Crippen MR) is 61.7 cm³/mol. The lowest BCUT2D eigenvalue weighted by molar-refractivity contribution is 0.601. The molecule has 0 aliphatic carbocycles. The Balaban J connectivity index is 2.05. The molecule has 0 saturated carbocycles. The number of hydrogen-bond donors (Lipinski definition) is 1. The number of aromatic nitrogens is 4. The molecule has 2 aromatic rings. The summed E-state index contributed by atoms with van der Waals surface area (Å²) in [6.45, 7) is 2.83. The van der Waals surface area contributed by atoms with Gasteiger partial charge < -0.3 is 14.9 Å². The Morgan fingerprint density at radius 2 is 2.31 bits per heavy atom. The molecular formula is C11H17N5. The van der Waals surface area contributed by atoms with E-state index in [4.69, 9.17) is 5.73 Å². The molecule has 16 heavy (non-hydrogen) atoms. The minimum Gasteiger partial charge on any atom is -0.338 e. The summed E-state index contributed by atoms with van der Waals surface area (Å²) in [4.78, 5) is 8.41. The third-order valence-electron chi connectivity index (χ3n) is 2.71. The fraction of sp³-hybridized carbons (Fsp3) is 0.455. The van der Waals surface area contributed by atoms with Gasteiger partial charge in [-0.2, -0.15) is 0 Å². The lowest BCUT2D eigenvalue weighted by atomic mass is 10.2. The van der Waals surface area contributed by atoms with Gasteiger partial charge in [-0.15, -0.1) is 0 Å². The Labute approximate surface area is 94.9 Å². The van der Waals surface area contributed by atoms with Gasteiger partial charge in [0.15, 0.2) is 0 Å². The van der Waals surface area contributed by atoms with E-state index in [0.717, 1.165) is 24.5 Å². The van der Waals surface area contributed by atoms with Crippen molar-refractivity contribution < 1.29 is 0 Å². The number of rotatable bonds is 4. The molecule has 2 heterocycles. The molecule has 0 aliphatic rings. The molecule has 2 aromatic heterocycles. The maximum absolute atomic E-state index is 5.86. The molecule has 5 nitrogen and oxygen atoms in total. The quantitative estimate of drug-likeness (QED) is 0.830. The molecule has 0 amide bonds. The number of nitrogens with zero attached hydrogens (tertiary/aromatic N) is 4. The van der Waals surface area contributed by atoms with Crippen LogP contribution in [0.25, 0.3) is 0 Å². The second-order valence-corrected chi connectivity index (χ2v) is 4.00. The first-order valence-electron chi connectivity index (χ1n) is 5.40. The van der Waals surface area contributed by atoms with Gasteiger partial charge in [-0.3, -0.25) is 0 Å². The summed E-state index contributed by atoms with van der Waals surface area (Å²) in [7, 11) is 2.00. The van der Waals surface area contributed by atoms with Crippen LogP contribution < -0.4 is 5.73 Å². The molecule has 86 valence electrons. The Kier molecular flexibility index (Phi) is 3.05. The highest BCUT2D eigenvalue weighted by molar-refractivity contribution is 5.03. The average Bonchev–Trinajstić information content (AvgIpc) is 2.83. The Bertz CT molecular complexity index is 454. The third-order valence-corrected chi connectivity index (χ3v) is 2.71. The van der Waals surface area contributed by atoms with Gasteiger partial charge in [0.25, 0.3) is 0 Å². The Morgan fingerprint density at radius 3 is 2.94 bits per heavy atom. The standard InChI is InChI=1S/C11H17N5/c1-9(12)10-7-13-8-16(10)5-3-11-14-4-6-15(11)2/h4,6-9H,3,5,12H2,1-2H3. The van der Waals surface area contributed by atoms with Crippen molar-refractivity contribution in [3.8, 4) is 0 Å². The molecule has 1 atom stereocenters. The Hall–Kier alpha value is -1.62. The summed E-state index contributed by atoms with van der Waals surface area (Å²) in [5, 5.41) is 0. The molecule has 1 unspecified atom stereocenters. The second kappa shape index (κ2) is 4.49. The highest BCUT2D eigenvalue weighted by Crippen LogP contribution is 2.09. The van der Waals surface area contributed by atoms with Crippen LogP contribution in [0.3, 0.4) is 0 Å². The van der Waals surface area contributed by atoms with Crippen LogP contribution in [0.5, 0.6) is 0 Å². The van der Waals surface area contributed by atoms with Crippen LogP contribution in [0, 0.1) is 0 Å². The summed E-state index contributed by atoms with van der Waals surface area (Å²) >= 11 is 0. The van der Waals surface area contributed by atoms with Crippen molar-refractivity contribution in [1.29, 1.82) is 0 Å². The molecule has 2 rings (SSSR count). The van der Waals surface area contributed by atoms with Crippen LogP contribution in [-0.4, -0.2) is 19.1 Å². The normalized spacial score (nSPS) is 12.9. The monoisotopic (exact) mass is 219 g/mol. The molecule has 5 heteroatoms. The predicted octanol–water partition coefficient (Wildman–Crippen LogP) is 0.879. The van der Waals surface area contributed by atoms with Crippen LogP contribution in [0.4, 0.5) is 0 Å². The molecule has 0 bridgehead atoms. The van der Waals surface area contributed by atoms with Gasteiger partial charge in [0.2, 0.25) is 0 Å². The molecule has 0 spiro atoms. The highest BCUT2D eigenvalue weighted by Gasteiger charge is 2.07. The van der Waals surface area contributed by atoms with E-state index in [2.05, 4.69) is 14.5 Å². The van der Waals surface area contributed by atoms with E-state index in [9.17, 15) is 0 Å². The minimum absolute atomic E-state index is 0.0175. The van der Waals surface area contributed by atoms with Gasteiger partial charge in [-0.25, -0.2) is 9.97 Å². The van der Waals surface area contributed by atoms with Gasteiger partial charge in [0.1, 0.15) is 5.82 Å². The smallest absolute Gasteiger partial charge is 0.110 e. The maximum Gasteiger partial charge on any atom is 0.110 e. The van der Waals surface area contributed by atoms with Crippen molar-refractivity contribution in [2.45, 2.75) is 25.9 Å². The highest BCUT2D eigenvalue weighted by atomic mass is 15.1. The van der Waals surface area contributed by atoms with E-state index in [1.807, 2.05) is 43.5 Å². The van der Waals surface area contributed by atoms with Gasteiger partial charge in [0.05, 0.1) is 12.0 Å². The zero-order chi connectivity index (χ0) is 11.5. The van der Waals surface area contributed by atoms with Crippen LogP contribution in [-0.2, 0) is 20.0 Å². The van der Waals surface area contributed by atoms with E-state index in [1.165, 1.54) is 0 Å². The molecule has 0 fully saturated rings. The van der Waals surface area contributed by atoms with E-state index >= 15 is 0 Å². The van der Waals surface area contributed by atoms with Crippen molar-refractivity contribution in [3.05, 3.63) is 36.4 Å². The summed E-state index contributed by atoms with van der Waals surface area (Å²) in [5.41, 5.74) is 6.92. The lowest BCUT2D eigenvalue weighted by Crippen LogP contribution is -2.13. The van der Waals surface area contributed by atoms with Crippen LogP contribution >= 0.6 is 0 Å². The van der Waals surface area contributed by atoms with Crippen LogP contribution in [0.2, 0.25) is 0 Å². The van der Waals surface area contributed by atoms with Crippen LogP contribution in [0.15, 0.2) is 24.9 Å². The van der Waals surface area contributed by atoms with Crippen molar-refractivity contribution in [1.82, 2.24) is 19.1 Å². The summed E-state index contributed by atoms with van der Waals surface area (Å²) in [5.74, 6) is 1.07. The first-order valence-corrected chi connectivity index (χ1v) is 5.40. The number of hydrogen-bond acceptors (Lipinski definition) is 3. The molecule has 0 radical (unpaired) electrons. The van der Waals surface area contributed by atoms with Gasteiger partial charge >= 0.3 is 0 Å². The molecular weight excluding hydrogens is 202 g/mol. The largest absolute Gasteiger partial charge is 0.338 e. The fourth-order valence-corrected chi connectivity index (χ4v) is 1.75. The second-order valence-electron chi connectivity index (χ2n) is 4.00. The van der Waals surface area contributed by atoms with E-state index in [0.29, 0.717) is 0 Å². The van der Waals surface area contributed by atoms with Crippen LogP contribution in [0.1, 0.15) is 24.5 Å². The summed E-state index contributed by atoms with van der Waals surface area (Å²) < 4.78 is 4.11. The average molecular weight is 219 g/mol. The van der Waals surface area contributed by atoms with Gasteiger partial charge in [-0.1, -0.05) is 0 Å². The lowest BCUT2D eigenvalue weighted by Gasteiger charge is -2.10. The fourth-order valence-electron chi connectivity index (χ4n) is 1.75. The van der Waals surface area contributed by atoms with Crippen molar-refractivity contribution in [2.75, 3.05) is 0 Å². The van der Waals surface area contributed by atoms with Gasteiger partial charge in [-0.05, 0) is 6.92 Å². The number of aryl methyl sites for hydroxylation is 3. The van der Waals surface area contributed by atoms with Crippen molar-refractivity contribution >= 4 is 0 Å². The molecule has 0 aliphatic heterocycles. The third kappa shape index (κ3) is 2.14. The van der Waals surface area contributed by atoms with E-state index in [-0.39, 0.29) is 6.04 Å².